The van der Waals surface area contributed by atoms with E-state index < -0.39 is 5.60 Å². The summed E-state index contributed by atoms with van der Waals surface area (Å²) in [4.78, 5) is 31.1. The Bertz CT molecular complexity index is 1310. The normalized spacial score (nSPS) is 16.4. The van der Waals surface area contributed by atoms with Gasteiger partial charge >= 0.3 is 0 Å². The molecule has 0 unspecified atom stereocenters. The first kappa shape index (κ1) is 26.2. The number of pyridine rings is 1. The number of likely N-dealkylation sites (tertiary alicyclic amines) is 1. The molecule has 2 aromatic heterocycles. The molecule has 1 fully saturated rings. The van der Waals surface area contributed by atoms with Crippen molar-refractivity contribution in [3.8, 4) is 0 Å². The third kappa shape index (κ3) is 5.42. The van der Waals surface area contributed by atoms with E-state index in [9.17, 15) is 14.7 Å². The molecule has 1 amide bonds. The molecule has 3 heterocycles. The summed E-state index contributed by atoms with van der Waals surface area (Å²) in [6.07, 6.45) is 2.11. The summed E-state index contributed by atoms with van der Waals surface area (Å²) in [5, 5.41) is 14.1. The molecule has 194 valence electrons. The Morgan fingerprint density at radius 3 is 2.50 bits per heavy atom. The molecular weight excluding hydrogens is 452 g/mol. The molecule has 0 radical (unpaired) electrons. The average Bonchev–Trinajstić information content (AvgIpc) is 3.09. The lowest BCUT2D eigenvalue weighted by molar-refractivity contribution is 0.0214. The van der Waals surface area contributed by atoms with Crippen LogP contribution in [0.25, 0.3) is 10.9 Å². The number of piperidine rings is 1. The SMILES string of the molecule is Cc1cc(C)c(CNC(=O)c2c(C)n([C@H](C)C3CCN(CC(C)(C)O)CC3)c3ccccc23)c(=O)[nH]1. The van der Waals surface area contributed by atoms with Crippen molar-refractivity contribution in [3.05, 3.63) is 68.8 Å². The molecular formula is C29H40N4O3. The van der Waals surface area contributed by atoms with Gasteiger partial charge in [-0.1, -0.05) is 18.2 Å². The molecule has 1 aliphatic heterocycles. The molecule has 3 N–H and O–H groups in total. The number of hydrogen-bond acceptors (Lipinski definition) is 4. The second kappa shape index (κ2) is 10.2. The van der Waals surface area contributed by atoms with Crippen LogP contribution < -0.4 is 10.9 Å². The third-order valence-corrected chi connectivity index (χ3v) is 7.63. The fourth-order valence-corrected chi connectivity index (χ4v) is 5.91. The number of aryl methyl sites for hydroxylation is 2. The number of carbonyl (C=O) groups is 1. The molecule has 3 aromatic rings. The van der Waals surface area contributed by atoms with Crippen LogP contribution in [0.1, 0.15) is 72.5 Å². The number of amides is 1. The van der Waals surface area contributed by atoms with Gasteiger partial charge in [-0.3, -0.25) is 9.59 Å². The van der Waals surface area contributed by atoms with E-state index in [-0.39, 0.29) is 24.1 Å². The second-order valence-electron chi connectivity index (χ2n) is 11.1. The predicted octanol–water partition coefficient (Wildman–Crippen LogP) is 4.23. The van der Waals surface area contributed by atoms with Crippen molar-refractivity contribution in [2.45, 2.75) is 72.6 Å². The molecule has 0 bridgehead atoms. The lowest BCUT2D eigenvalue weighted by Gasteiger charge is -2.38. The molecule has 1 aliphatic rings. The zero-order chi connectivity index (χ0) is 26.2. The van der Waals surface area contributed by atoms with E-state index >= 15 is 0 Å². The molecule has 1 aromatic carbocycles. The van der Waals surface area contributed by atoms with Crippen LogP contribution in [-0.4, -0.2) is 50.7 Å². The fraction of sp³-hybridized carbons (Fsp3) is 0.517. The van der Waals surface area contributed by atoms with Crippen LogP contribution in [0, 0.1) is 26.7 Å². The van der Waals surface area contributed by atoms with Gasteiger partial charge in [0.1, 0.15) is 0 Å². The highest BCUT2D eigenvalue weighted by Crippen LogP contribution is 2.36. The number of hydrogen-bond donors (Lipinski definition) is 3. The van der Waals surface area contributed by atoms with Gasteiger partial charge in [0, 0.05) is 47.0 Å². The van der Waals surface area contributed by atoms with Crippen molar-refractivity contribution in [2.75, 3.05) is 19.6 Å². The summed E-state index contributed by atoms with van der Waals surface area (Å²) < 4.78 is 2.32. The van der Waals surface area contributed by atoms with Crippen molar-refractivity contribution >= 4 is 16.8 Å². The van der Waals surface area contributed by atoms with Crippen LogP contribution in [-0.2, 0) is 6.54 Å². The maximum atomic E-state index is 13.5. The van der Waals surface area contributed by atoms with Gasteiger partial charge < -0.3 is 24.9 Å². The summed E-state index contributed by atoms with van der Waals surface area (Å²) in [7, 11) is 0. The molecule has 1 atom stereocenters. The lowest BCUT2D eigenvalue weighted by atomic mass is 9.89. The van der Waals surface area contributed by atoms with Gasteiger partial charge in [0.15, 0.2) is 0 Å². The third-order valence-electron chi connectivity index (χ3n) is 7.63. The van der Waals surface area contributed by atoms with Gasteiger partial charge in [-0.2, -0.15) is 0 Å². The molecule has 0 aliphatic carbocycles. The van der Waals surface area contributed by atoms with E-state index in [4.69, 9.17) is 0 Å². The van der Waals surface area contributed by atoms with Gasteiger partial charge in [0.2, 0.25) is 0 Å². The Hall–Kier alpha value is -2.90. The number of fused-ring (bicyclic) bond motifs is 1. The Kier molecular flexibility index (Phi) is 7.43. The van der Waals surface area contributed by atoms with Gasteiger partial charge in [-0.25, -0.2) is 0 Å². The van der Waals surface area contributed by atoms with E-state index in [1.807, 2.05) is 58.9 Å². The molecule has 4 rings (SSSR count). The maximum Gasteiger partial charge on any atom is 0.254 e. The topological polar surface area (TPSA) is 90.4 Å². The first-order valence-corrected chi connectivity index (χ1v) is 13.0. The first-order chi connectivity index (χ1) is 17.0. The molecule has 0 spiro atoms. The van der Waals surface area contributed by atoms with Crippen molar-refractivity contribution in [1.82, 2.24) is 19.8 Å². The summed E-state index contributed by atoms with van der Waals surface area (Å²) in [6.45, 7) is 14.6. The number of aliphatic hydroxyl groups is 1. The van der Waals surface area contributed by atoms with Crippen LogP contribution in [0.2, 0.25) is 0 Å². The highest BCUT2D eigenvalue weighted by molar-refractivity contribution is 6.08. The van der Waals surface area contributed by atoms with Crippen LogP contribution in [0.15, 0.2) is 35.1 Å². The molecule has 7 heteroatoms. The highest BCUT2D eigenvalue weighted by Gasteiger charge is 2.30. The molecule has 7 nitrogen and oxygen atoms in total. The van der Waals surface area contributed by atoms with Crippen LogP contribution in [0.3, 0.4) is 0 Å². The second-order valence-corrected chi connectivity index (χ2v) is 11.1. The van der Waals surface area contributed by atoms with E-state index in [2.05, 4.69) is 32.8 Å². The fourth-order valence-electron chi connectivity index (χ4n) is 5.91. The Balaban J connectivity index is 1.57. The van der Waals surface area contributed by atoms with Crippen LogP contribution in [0.4, 0.5) is 0 Å². The molecule has 1 saturated heterocycles. The Morgan fingerprint density at radius 2 is 1.86 bits per heavy atom. The summed E-state index contributed by atoms with van der Waals surface area (Å²) in [6, 6.07) is 10.3. The van der Waals surface area contributed by atoms with E-state index in [1.54, 1.807) is 0 Å². The van der Waals surface area contributed by atoms with Gasteiger partial charge in [0.05, 0.1) is 11.2 Å². The Morgan fingerprint density at radius 1 is 1.19 bits per heavy atom. The zero-order valence-corrected chi connectivity index (χ0v) is 22.4. The number of para-hydroxylation sites is 1. The van der Waals surface area contributed by atoms with Crippen LogP contribution >= 0.6 is 0 Å². The number of aromatic amines is 1. The first-order valence-electron chi connectivity index (χ1n) is 13.0. The van der Waals surface area contributed by atoms with Crippen molar-refractivity contribution < 1.29 is 9.90 Å². The highest BCUT2D eigenvalue weighted by atomic mass is 16.3. The maximum absolute atomic E-state index is 13.5. The van der Waals surface area contributed by atoms with Crippen LogP contribution in [0.5, 0.6) is 0 Å². The number of rotatable bonds is 7. The summed E-state index contributed by atoms with van der Waals surface area (Å²) >= 11 is 0. The average molecular weight is 493 g/mol. The minimum Gasteiger partial charge on any atom is -0.389 e. The minimum atomic E-state index is -0.685. The summed E-state index contributed by atoms with van der Waals surface area (Å²) in [5.41, 5.74) is 4.13. The largest absolute Gasteiger partial charge is 0.389 e. The van der Waals surface area contributed by atoms with Crippen molar-refractivity contribution in [3.63, 3.8) is 0 Å². The van der Waals surface area contributed by atoms with E-state index in [0.29, 0.717) is 23.6 Å². The predicted molar refractivity (Wildman–Crippen MR) is 145 cm³/mol. The number of aromatic nitrogens is 2. The van der Waals surface area contributed by atoms with Gasteiger partial charge in [-0.15, -0.1) is 0 Å². The Labute approximate surface area is 213 Å². The number of benzene rings is 1. The van der Waals surface area contributed by atoms with Gasteiger partial charge in [0.25, 0.3) is 11.5 Å². The monoisotopic (exact) mass is 492 g/mol. The number of nitrogens with one attached hydrogen (secondary N) is 2. The van der Waals surface area contributed by atoms with Crippen molar-refractivity contribution in [1.29, 1.82) is 0 Å². The zero-order valence-electron chi connectivity index (χ0n) is 22.4. The van der Waals surface area contributed by atoms with Crippen molar-refractivity contribution in [2.24, 2.45) is 5.92 Å². The standard InChI is InChI=1S/C29H40N4O3/c1-18-15-19(2)31-27(34)24(18)16-30-28(35)26-21(4)33(25-10-8-7-9-23(25)26)20(3)22-11-13-32(14-12-22)17-29(5,6)36/h7-10,15,20,22,36H,11-14,16-17H2,1-6H3,(H,30,35)(H,31,34)/t20-/m1/s1. The number of nitrogens with zero attached hydrogens (tertiary/aromatic N) is 2. The lowest BCUT2D eigenvalue weighted by Crippen LogP contribution is -2.43. The number of carbonyl (C=O) groups excluding carboxylic acids is 1. The minimum absolute atomic E-state index is 0.156. The summed E-state index contributed by atoms with van der Waals surface area (Å²) in [5.74, 6) is 0.330. The van der Waals surface area contributed by atoms with E-state index in [0.717, 1.165) is 53.8 Å². The number of H-pyrrole nitrogens is 1. The smallest absolute Gasteiger partial charge is 0.254 e. The van der Waals surface area contributed by atoms with E-state index in [1.165, 1.54) is 0 Å². The quantitative estimate of drug-likeness (QED) is 0.460. The number of β-amino-alcohol motifs (C(OH)–C–C–N with tert-alkyl or cyclic N) is 1. The molecule has 0 saturated carbocycles. The van der Waals surface area contributed by atoms with Gasteiger partial charge in [-0.05, 0) is 91.1 Å². The molecule has 36 heavy (non-hydrogen) atoms.